The molecule has 206 valence electrons. The van der Waals surface area contributed by atoms with Crippen LogP contribution in [-0.2, 0) is 24.0 Å². The van der Waals surface area contributed by atoms with E-state index in [9.17, 15) is 34.2 Å². The van der Waals surface area contributed by atoms with Crippen LogP contribution in [0.5, 0.6) is 0 Å². The molecule has 0 radical (unpaired) electrons. The predicted octanol–water partition coefficient (Wildman–Crippen LogP) is -3.40. The topological polar surface area (TPSA) is 278 Å². The lowest BCUT2D eigenvalue weighted by atomic mass is 10.0. The average molecular weight is 517 g/mol. The molecule has 0 fully saturated rings. The van der Waals surface area contributed by atoms with E-state index < -0.39 is 59.9 Å². The molecule has 0 aromatic carbocycles. The van der Waals surface area contributed by atoms with Gasteiger partial charge >= 0.3 is 5.97 Å². The quantitative estimate of drug-likeness (QED) is 0.0524. The van der Waals surface area contributed by atoms with E-state index in [1.165, 1.54) is 6.92 Å². The van der Waals surface area contributed by atoms with Crippen molar-refractivity contribution in [3.05, 3.63) is 0 Å². The molecule has 0 aromatic rings. The Morgan fingerprint density at radius 2 is 1.36 bits per heavy atom. The third kappa shape index (κ3) is 13.4. The van der Waals surface area contributed by atoms with Gasteiger partial charge in [-0.25, -0.2) is 4.79 Å². The summed E-state index contributed by atoms with van der Waals surface area (Å²) in [7, 11) is 0. The fourth-order valence-electron chi connectivity index (χ4n) is 3.05. The number of aliphatic carboxylic acids is 1. The van der Waals surface area contributed by atoms with Crippen molar-refractivity contribution in [3.63, 3.8) is 0 Å². The van der Waals surface area contributed by atoms with Crippen molar-refractivity contribution in [2.45, 2.75) is 83.1 Å². The molecule has 4 amide bonds. The molecule has 0 aliphatic heterocycles. The Hall–Kier alpha value is -3.46. The predicted molar refractivity (Wildman–Crippen MR) is 131 cm³/mol. The first-order chi connectivity index (χ1) is 16.6. The Morgan fingerprint density at radius 3 is 1.83 bits per heavy atom. The van der Waals surface area contributed by atoms with Gasteiger partial charge in [0.05, 0.1) is 6.10 Å². The summed E-state index contributed by atoms with van der Waals surface area (Å²) in [6, 6.07) is -4.98. The number of aliphatic imine (C=N–C) groups is 1. The van der Waals surface area contributed by atoms with Gasteiger partial charge in [-0.05, 0) is 38.5 Å². The number of guanidine groups is 1. The molecule has 0 saturated heterocycles. The third-order valence-corrected chi connectivity index (χ3v) is 5.03. The van der Waals surface area contributed by atoms with E-state index in [0.29, 0.717) is 0 Å². The van der Waals surface area contributed by atoms with Gasteiger partial charge in [0.1, 0.15) is 24.2 Å². The minimum atomic E-state index is -1.39. The number of primary amides is 1. The van der Waals surface area contributed by atoms with Gasteiger partial charge < -0.3 is 49.1 Å². The number of nitrogens with two attached hydrogens (primary N) is 4. The highest BCUT2D eigenvalue weighted by Gasteiger charge is 2.31. The van der Waals surface area contributed by atoms with Crippen LogP contribution < -0.4 is 38.9 Å². The largest absolute Gasteiger partial charge is 0.480 e. The lowest BCUT2D eigenvalue weighted by molar-refractivity contribution is -0.142. The second-order valence-electron chi connectivity index (χ2n) is 8.87. The minimum absolute atomic E-state index is 0.0754. The first-order valence-corrected chi connectivity index (χ1v) is 11.6. The van der Waals surface area contributed by atoms with Gasteiger partial charge in [-0.1, -0.05) is 13.8 Å². The van der Waals surface area contributed by atoms with Crippen molar-refractivity contribution in [3.8, 4) is 0 Å². The molecule has 0 rings (SSSR count). The van der Waals surface area contributed by atoms with Gasteiger partial charge in [-0.15, -0.1) is 0 Å². The first-order valence-electron chi connectivity index (χ1n) is 11.6. The molecule has 13 N–H and O–H groups in total. The molecular formula is C21H40N8O7. The molecule has 0 heterocycles. The van der Waals surface area contributed by atoms with Crippen LogP contribution in [0.3, 0.4) is 0 Å². The second-order valence-corrected chi connectivity index (χ2v) is 8.87. The van der Waals surface area contributed by atoms with Gasteiger partial charge in [0.2, 0.25) is 23.6 Å². The molecule has 0 aromatic heterocycles. The highest BCUT2D eigenvalue weighted by atomic mass is 16.4. The Bertz CT molecular complexity index is 799. The molecule has 0 spiro atoms. The van der Waals surface area contributed by atoms with E-state index in [1.807, 2.05) is 0 Å². The number of aliphatic hydroxyl groups excluding tert-OH is 1. The number of carbonyl (C=O) groups excluding carboxylic acids is 4. The Balaban J connectivity index is 5.61. The van der Waals surface area contributed by atoms with Crippen LogP contribution in [-0.4, -0.2) is 82.6 Å². The van der Waals surface area contributed by atoms with Gasteiger partial charge in [0.25, 0.3) is 0 Å². The van der Waals surface area contributed by atoms with Crippen molar-refractivity contribution < 1.29 is 34.2 Å². The molecule has 36 heavy (non-hydrogen) atoms. The summed E-state index contributed by atoms with van der Waals surface area (Å²) in [5.41, 5.74) is 21.3. The van der Waals surface area contributed by atoms with Crippen LogP contribution in [0.2, 0.25) is 0 Å². The van der Waals surface area contributed by atoms with E-state index in [-0.39, 0.29) is 50.5 Å². The molecular weight excluding hydrogens is 476 g/mol. The van der Waals surface area contributed by atoms with Crippen molar-refractivity contribution in [2.24, 2.45) is 33.8 Å². The number of nitrogens with zero attached hydrogens (tertiary/aromatic N) is 1. The van der Waals surface area contributed by atoms with E-state index in [4.69, 9.17) is 22.9 Å². The number of nitrogens with one attached hydrogen (secondary N) is 3. The molecule has 0 aliphatic rings. The number of carboxylic acids is 1. The number of carboxylic acid groups (broad SMARTS) is 1. The molecule has 5 atom stereocenters. The van der Waals surface area contributed by atoms with Crippen LogP contribution in [0.4, 0.5) is 0 Å². The second kappa shape index (κ2) is 16.3. The number of hydrogen-bond donors (Lipinski definition) is 9. The zero-order valence-corrected chi connectivity index (χ0v) is 20.9. The highest BCUT2D eigenvalue weighted by molar-refractivity contribution is 5.94. The summed E-state index contributed by atoms with van der Waals surface area (Å²) in [6.45, 7) is 5.08. The normalized spacial score (nSPS) is 15.1. The van der Waals surface area contributed by atoms with E-state index in [1.54, 1.807) is 13.8 Å². The summed E-state index contributed by atoms with van der Waals surface area (Å²) in [5, 5.41) is 26.2. The van der Waals surface area contributed by atoms with E-state index in [2.05, 4.69) is 20.9 Å². The highest BCUT2D eigenvalue weighted by Crippen LogP contribution is 2.09. The minimum Gasteiger partial charge on any atom is -0.480 e. The number of aliphatic hydroxyl groups is 1. The van der Waals surface area contributed by atoms with Crippen LogP contribution in [0.25, 0.3) is 0 Å². The molecule has 0 aliphatic carbocycles. The van der Waals surface area contributed by atoms with Gasteiger partial charge in [0, 0.05) is 13.0 Å². The molecule has 0 saturated carbocycles. The molecule has 0 bridgehead atoms. The fraction of sp³-hybridized carbons (Fsp3) is 0.714. The van der Waals surface area contributed by atoms with Crippen LogP contribution in [0.1, 0.15) is 52.9 Å². The monoisotopic (exact) mass is 516 g/mol. The fourth-order valence-corrected chi connectivity index (χ4v) is 3.05. The first kappa shape index (κ1) is 32.5. The van der Waals surface area contributed by atoms with Crippen LogP contribution in [0.15, 0.2) is 4.99 Å². The number of hydrogen-bond acceptors (Lipinski definition) is 8. The summed E-state index contributed by atoms with van der Waals surface area (Å²) in [5.74, 6) is -4.60. The summed E-state index contributed by atoms with van der Waals surface area (Å²) >= 11 is 0. The molecule has 5 unspecified atom stereocenters. The summed E-state index contributed by atoms with van der Waals surface area (Å²) in [6.07, 6.45) is -1.14. The van der Waals surface area contributed by atoms with Gasteiger partial charge in [0.15, 0.2) is 5.96 Å². The number of amides is 4. The van der Waals surface area contributed by atoms with Crippen molar-refractivity contribution >= 4 is 35.6 Å². The van der Waals surface area contributed by atoms with Crippen molar-refractivity contribution in [1.82, 2.24) is 16.0 Å². The SMILES string of the molecule is CC(C)CC(NC(=O)C(CCCN=C(N)N)NC(=O)C(N)C(C)O)C(=O)NC(CCC(N)=O)C(=O)O. The van der Waals surface area contributed by atoms with Crippen LogP contribution >= 0.6 is 0 Å². The Labute approximate surface area is 209 Å². The van der Waals surface area contributed by atoms with E-state index in [0.717, 1.165) is 0 Å². The zero-order chi connectivity index (χ0) is 28.0. The maximum Gasteiger partial charge on any atom is 0.326 e. The number of rotatable bonds is 17. The zero-order valence-electron chi connectivity index (χ0n) is 20.9. The average Bonchev–Trinajstić information content (AvgIpc) is 2.76. The van der Waals surface area contributed by atoms with E-state index >= 15 is 0 Å². The summed E-state index contributed by atoms with van der Waals surface area (Å²) in [4.78, 5) is 64.6. The van der Waals surface area contributed by atoms with Crippen molar-refractivity contribution in [2.75, 3.05) is 6.54 Å². The van der Waals surface area contributed by atoms with Crippen LogP contribution in [0, 0.1) is 5.92 Å². The number of carbonyl (C=O) groups is 5. The molecule has 15 heteroatoms. The maximum atomic E-state index is 13.1. The molecule has 15 nitrogen and oxygen atoms in total. The summed E-state index contributed by atoms with van der Waals surface area (Å²) < 4.78 is 0. The standard InChI is InChI=1S/C21H40N8O7/c1-10(2)9-14(18(33)28-13(20(35)36)6-7-15(22)31)29-17(32)12(5-4-8-26-21(24)25)27-19(34)16(23)11(3)30/h10-14,16,30H,4-9,23H2,1-3H3,(H2,22,31)(H,27,34)(H,28,33)(H,29,32)(H,35,36)(H4,24,25,26). The lowest BCUT2D eigenvalue weighted by Gasteiger charge is -2.26. The van der Waals surface area contributed by atoms with Crippen molar-refractivity contribution in [1.29, 1.82) is 0 Å². The Morgan fingerprint density at radius 1 is 0.833 bits per heavy atom. The van der Waals surface area contributed by atoms with Gasteiger partial charge in [-0.3, -0.25) is 24.2 Å². The van der Waals surface area contributed by atoms with Gasteiger partial charge in [-0.2, -0.15) is 0 Å². The maximum absolute atomic E-state index is 13.1. The third-order valence-electron chi connectivity index (χ3n) is 5.03. The Kier molecular flexibility index (Phi) is 14.7. The smallest absolute Gasteiger partial charge is 0.326 e. The lowest BCUT2D eigenvalue weighted by Crippen LogP contribution is -2.58.